The fourth-order valence-corrected chi connectivity index (χ4v) is 2.47. The van der Waals surface area contributed by atoms with Gasteiger partial charge in [0.1, 0.15) is 5.75 Å². The van der Waals surface area contributed by atoms with Crippen molar-refractivity contribution in [3.8, 4) is 16.9 Å². The van der Waals surface area contributed by atoms with Crippen molar-refractivity contribution in [3.05, 3.63) is 47.5 Å². The number of benzene rings is 2. The topological polar surface area (TPSA) is 20.2 Å². The Kier molecular flexibility index (Phi) is 3.97. The quantitative estimate of drug-likeness (QED) is 0.802. The van der Waals surface area contributed by atoms with Gasteiger partial charge in [0.2, 0.25) is 0 Å². The minimum Gasteiger partial charge on any atom is -0.507 e. The fourth-order valence-electron chi connectivity index (χ4n) is 1.64. The second kappa shape index (κ2) is 5.48. The van der Waals surface area contributed by atoms with Crippen LogP contribution in [0.4, 0.5) is 0 Å². The smallest absolute Gasteiger partial charge is 0.123 e. The van der Waals surface area contributed by atoms with E-state index in [4.69, 9.17) is 11.6 Å². The van der Waals surface area contributed by atoms with E-state index in [2.05, 4.69) is 19.1 Å². The van der Waals surface area contributed by atoms with Crippen molar-refractivity contribution in [3.63, 3.8) is 0 Å². The molecule has 0 bridgehead atoms. The van der Waals surface area contributed by atoms with Gasteiger partial charge in [-0.05, 0) is 41.6 Å². The zero-order chi connectivity index (χ0) is 12.3. The summed E-state index contributed by atoms with van der Waals surface area (Å²) >= 11 is 7.73. The van der Waals surface area contributed by atoms with E-state index in [9.17, 15) is 5.11 Å². The number of aromatic hydroxyl groups is 1. The second-order valence-electron chi connectivity index (χ2n) is 3.62. The summed E-state index contributed by atoms with van der Waals surface area (Å²) in [6.07, 6.45) is 0. The third kappa shape index (κ3) is 2.96. The van der Waals surface area contributed by atoms with Crippen molar-refractivity contribution in [2.75, 3.05) is 5.75 Å². The number of thioether (sulfide) groups is 1. The van der Waals surface area contributed by atoms with Gasteiger partial charge in [0.05, 0.1) is 0 Å². The van der Waals surface area contributed by atoms with Crippen LogP contribution in [0.15, 0.2) is 47.4 Å². The molecule has 17 heavy (non-hydrogen) atoms. The zero-order valence-corrected chi connectivity index (χ0v) is 11.1. The van der Waals surface area contributed by atoms with Crippen LogP contribution in [0.25, 0.3) is 11.1 Å². The van der Waals surface area contributed by atoms with Crippen molar-refractivity contribution in [1.82, 2.24) is 0 Å². The van der Waals surface area contributed by atoms with Gasteiger partial charge >= 0.3 is 0 Å². The van der Waals surface area contributed by atoms with Crippen LogP contribution < -0.4 is 0 Å². The molecule has 0 aliphatic heterocycles. The number of phenols is 1. The van der Waals surface area contributed by atoms with Gasteiger partial charge in [-0.15, -0.1) is 11.8 Å². The molecule has 2 rings (SSSR count). The molecule has 1 nitrogen and oxygen atoms in total. The normalized spacial score (nSPS) is 10.5. The summed E-state index contributed by atoms with van der Waals surface area (Å²) in [4.78, 5) is 1.23. The van der Waals surface area contributed by atoms with Crippen molar-refractivity contribution in [2.45, 2.75) is 11.8 Å². The van der Waals surface area contributed by atoms with Gasteiger partial charge in [-0.25, -0.2) is 0 Å². The van der Waals surface area contributed by atoms with Gasteiger partial charge in [-0.1, -0.05) is 30.7 Å². The molecule has 0 amide bonds. The summed E-state index contributed by atoms with van der Waals surface area (Å²) in [5.41, 5.74) is 1.75. The number of hydrogen-bond acceptors (Lipinski definition) is 2. The van der Waals surface area contributed by atoms with E-state index in [-0.39, 0.29) is 5.75 Å². The molecule has 1 N–H and O–H groups in total. The minimum atomic E-state index is 0.255. The van der Waals surface area contributed by atoms with Crippen molar-refractivity contribution >= 4 is 23.4 Å². The molecular weight excluding hydrogens is 252 g/mol. The molecule has 0 radical (unpaired) electrons. The number of hydrogen-bond donors (Lipinski definition) is 1. The Balaban J connectivity index is 2.36. The first kappa shape index (κ1) is 12.3. The highest BCUT2D eigenvalue weighted by atomic mass is 35.5. The average Bonchev–Trinajstić information content (AvgIpc) is 2.34. The molecule has 0 spiro atoms. The first-order valence-electron chi connectivity index (χ1n) is 5.42. The molecule has 0 fully saturated rings. The first-order valence-corrected chi connectivity index (χ1v) is 6.79. The molecule has 0 saturated carbocycles. The minimum absolute atomic E-state index is 0.255. The molecule has 0 atom stereocenters. The summed E-state index contributed by atoms with van der Waals surface area (Å²) in [5, 5.41) is 10.4. The van der Waals surface area contributed by atoms with Gasteiger partial charge in [0.15, 0.2) is 0 Å². The Morgan fingerprint density at radius 3 is 2.47 bits per heavy atom. The van der Waals surface area contributed by atoms with Crippen molar-refractivity contribution < 1.29 is 5.11 Å². The van der Waals surface area contributed by atoms with Crippen LogP contribution in [0.5, 0.6) is 5.75 Å². The highest BCUT2D eigenvalue weighted by Crippen LogP contribution is 2.32. The summed E-state index contributed by atoms with van der Waals surface area (Å²) in [5.74, 6) is 1.31. The van der Waals surface area contributed by atoms with Gasteiger partial charge in [0.25, 0.3) is 0 Å². The standard InChI is InChI=1S/C14H13ClOS/c1-2-17-12-6-3-10(4-7-12)13-9-11(15)5-8-14(13)16/h3-9,16H,2H2,1H3. The third-order valence-electron chi connectivity index (χ3n) is 2.43. The molecule has 3 heteroatoms. The van der Waals surface area contributed by atoms with Gasteiger partial charge in [-0.3, -0.25) is 0 Å². The monoisotopic (exact) mass is 264 g/mol. The first-order chi connectivity index (χ1) is 8.20. The summed E-state index contributed by atoms with van der Waals surface area (Å²) < 4.78 is 0. The molecule has 0 saturated heterocycles. The summed E-state index contributed by atoms with van der Waals surface area (Å²) in [6, 6.07) is 13.2. The Morgan fingerprint density at radius 1 is 1.12 bits per heavy atom. The van der Waals surface area contributed by atoms with E-state index in [1.165, 1.54) is 4.90 Å². The zero-order valence-electron chi connectivity index (χ0n) is 9.48. The van der Waals surface area contributed by atoms with Crippen LogP contribution in [-0.4, -0.2) is 10.9 Å². The largest absolute Gasteiger partial charge is 0.507 e. The van der Waals surface area contributed by atoms with E-state index in [0.717, 1.165) is 16.9 Å². The van der Waals surface area contributed by atoms with E-state index in [1.54, 1.807) is 30.0 Å². The number of phenolic OH excluding ortho intramolecular Hbond substituents is 1. The van der Waals surface area contributed by atoms with Gasteiger partial charge in [0, 0.05) is 15.5 Å². The lowest BCUT2D eigenvalue weighted by Gasteiger charge is -2.06. The molecule has 0 heterocycles. The van der Waals surface area contributed by atoms with Crippen LogP contribution >= 0.6 is 23.4 Å². The lowest BCUT2D eigenvalue weighted by Crippen LogP contribution is -1.80. The molecular formula is C14H13ClOS. The van der Waals surface area contributed by atoms with E-state index in [0.29, 0.717) is 5.02 Å². The number of halogens is 1. The lowest BCUT2D eigenvalue weighted by molar-refractivity contribution is 0.477. The summed E-state index contributed by atoms with van der Waals surface area (Å²) in [7, 11) is 0. The second-order valence-corrected chi connectivity index (χ2v) is 5.39. The van der Waals surface area contributed by atoms with Crippen LogP contribution in [0.3, 0.4) is 0 Å². The Labute approximate surface area is 110 Å². The van der Waals surface area contributed by atoms with E-state index >= 15 is 0 Å². The van der Waals surface area contributed by atoms with E-state index in [1.807, 2.05) is 12.1 Å². The third-order valence-corrected chi connectivity index (χ3v) is 3.56. The van der Waals surface area contributed by atoms with Gasteiger partial charge < -0.3 is 5.11 Å². The average molecular weight is 265 g/mol. The highest BCUT2D eigenvalue weighted by molar-refractivity contribution is 7.99. The SMILES string of the molecule is CCSc1ccc(-c2cc(Cl)ccc2O)cc1. The molecule has 2 aromatic rings. The Bertz CT molecular complexity index is 508. The summed E-state index contributed by atoms with van der Waals surface area (Å²) in [6.45, 7) is 2.13. The van der Waals surface area contributed by atoms with Crippen molar-refractivity contribution in [2.24, 2.45) is 0 Å². The molecule has 2 aromatic carbocycles. The van der Waals surface area contributed by atoms with Crippen LogP contribution in [0.2, 0.25) is 5.02 Å². The van der Waals surface area contributed by atoms with Crippen LogP contribution in [0.1, 0.15) is 6.92 Å². The molecule has 0 unspecified atom stereocenters. The Hall–Kier alpha value is -1.12. The molecule has 0 aromatic heterocycles. The molecule has 88 valence electrons. The maximum absolute atomic E-state index is 9.80. The fraction of sp³-hybridized carbons (Fsp3) is 0.143. The lowest BCUT2D eigenvalue weighted by atomic mass is 10.1. The predicted octanol–water partition coefficient (Wildman–Crippen LogP) is 4.82. The van der Waals surface area contributed by atoms with E-state index < -0.39 is 0 Å². The van der Waals surface area contributed by atoms with Gasteiger partial charge in [-0.2, -0.15) is 0 Å². The maximum atomic E-state index is 9.80. The highest BCUT2D eigenvalue weighted by Gasteiger charge is 2.05. The molecule has 0 aliphatic carbocycles. The molecule has 0 aliphatic rings. The van der Waals surface area contributed by atoms with Crippen LogP contribution in [-0.2, 0) is 0 Å². The maximum Gasteiger partial charge on any atom is 0.123 e. The van der Waals surface area contributed by atoms with Crippen LogP contribution in [0, 0.1) is 0 Å². The predicted molar refractivity (Wildman–Crippen MR) is 75.0 cm³/mol. The van der Waals surface area contributed by atoms with Crippen molar-refractivity contribution in [1.29, 1.82) is 0 Å². The number of rotatable bonds is 3. The Morgan fingerprint density at radius 2 is 1.82 bits per heavy atom.